The van der Waals surface area contributed by atoms with Gasteiger partial charge in [-0.25, -0.2) is 4.39 Å². The Kier molecular flexibility index (Phi) is 9.07. The standard InChI is InChI=1S/C31H46FN5O3/c1-5-25-15-36(26(14-33-25)16-35-10-11-40-19-21(35)2)17-29(39)37-20-31(3,4)30-28(37)13-23(27(18-38)34-30)12-22-6-8-24(32)9-7-22/h6,8-9,13,21-22,25-26,33,38H,5,7,10-12,14-20H2,1-4H3/t21-,22?,25?,26?/m1/s1. The van der Waals surface area contributed by atoms with Crippen molar-refractivity contribution in [1.29, 1.82) is 0 Å². The zero-order chi connectivity index (χ0) is 28.4. The molecule has 0 radical (unpaired) electrons. The maximum atomic E-state index is 14.0. The predicted octanol–water partition coefficient (Wildman–Crippen LogP) is 2.94. The van der Waals surface area contributed by atoms with E-state index in [0.29, 0.717) is 43.7 Å². The van der Waals surface area contributed by atoms with Crippen LogP contribution in [-0.2, 0) is 28.0 Å². The summed E-state index contributed by atoms with van der Waals surface area (Å²) in [7, 11) is 0. The third-order valence-electron chi connectivity index (χ3n) is 9.13. The molecule has 5 rings (SSSR count). The lowest BCUT2D eigenvalue weighted by Gasteiger charge is -2.44. The van der Waals surface area contributed by atoms with E-state index >= 15 is 0 Å². The number of nitrogens with zero attached hydrogens (tertiary/aromatic N) is 4. The third-order valence-corrected chi connectivity index (χ3v) is 9.13. The molecule has 4 atom stereocenters. The number of rotatable bonds is 8. The van der Waals surface area contributed by atoms with Crippen LogP contribution in [0.5, 0.6) is 0 Å². The molecule has 1 amide bonds. The summed E-state index contributed by atoms with van der Waals surface area (Å²) in [5.74, 6) is 0.0258. The molecule has 0 spiro atoms. The highest BCUT2D eigenvalue weighted by atomic mass is 19.1. The van der Waals surface area contributed by atoms with Crippen molar-refractivity contribution in [3.63, 3.8) is 0 Å². The normalized spacial score (nSPS) is 28.9. The lowest BCUT2D eigenvalue weighted by Crippen LogP contribution is -2.62. The first-order chi connectivity index (χ1) is 19.2. The number of pyridine rings is 1. The fourth-order valence-corrected chi connectivity index (χ4v) is 6.59. The first-order valence-electron chi connectivity index (χ1n) is 15.0. The van der Waals surface area contributed by atoms with E-state index in [-0.39, 0.29) is 35.7 Å². The number of aliphatic hydroxyl groups excluding tert-OH is 1. The van der Waals surface area contributed by atoms with Crippen LogP contribution < -0.4 is 10.2 Å². The number of nitrogens with one attached hydrogen (secondary N) is 1. The van der Waals surface area contributed by atoms with Gasteiger partial charge in [0.05, 0.1) is 43.4 Å². The van der Waals surface area contributed by atoms with E-state index in [2.05, 4.69) is 48.9 Å². The number of halogens is 1. The van der Waals surface area contributed by atoms with Crippen molar-refractivity contribution in [2.45, 2.75) is 77.1 Å². The molecule has 2 fully saturated rings. The van der Waals surface area contributed by atoms with Crippen molar-refractivity contribution in [2.24, 2.45) is 5.92 Å². The van der Waals surface area contributed by atoms with Crippen LogP contribution in [0.4, 0.5) is 10.1 Å². The van der Waals surface area contributed by atoms with Crippen LogP contribution in [0.25, 0.3) is 0 Å². The Morgan fingerprint density at radius 2 is 2.15 bits per heavy atom. The third kappa shape index (κ3) is 6.34. The summed E-state index contributed by atoms with van der Waals surface area (Å²) < 4.78 is 19.2. The quantitative estimate of drug-likeness (QED) is 0.511. The summed E-state index contributed by atoms with van der Waals surface area (Å²) in [5, 5.41) is 13.9. The monoisotopic (exact) mass is 555 g/mol. The minimum Gasteiger partial charge on any atom is -0.390 e. The molecular weight excluding hydrogens is 509 g/mol. The van der Waals surface area contributed by atoms with Crippen LogP contribution in [0.2, 0.25) is 0 Å². The van der Waals surface area contributed by atoms with Crippen LogP contribution >= 0.6 is 0 Å². The first-order valence-corrected chi connectivity index (χ1v) is 15.0. The van der Waals surface area contributed by atoms with Crippen molar-refractivity contribution in [2.75, 3.05) is 57.4 Å². The fourth-order valence-electron chi connectivity index (χ4n) is 6.59. The number of piperazine rings is 1. The molecule has 1 aliphatic carbocycles. The number of carbonyl (C=O) groups excluding carboxylic acids is 1. The van der Waals surface area contributed by atoms with Gasteiger partial charge < -0.3 is 20.1 Å². The average molecular weight is 556 g/mol. The lowest BCUT2D eigenvalue weighted by molar-refractivity contribution is -0.121. The van der Waals surface area contributed by atoms with E-state index in [9.17, 15) is 14.3 Å². The van der Waals surface area contributed by atoms with Crippen LogP contribution in [0.1, 0.15) is 57.5 Å². The van der Waals surface area contributed by atoms with Crippen LogP contribution in [0.15, 0.2) is 30.1 Å². The summed E-state index contributed by atoms with van der Waals surface area (Å²) in [6, 6.07) is 3.05. The minimum atomic E-state index is -0.317. The number of aliphatic hydroxyl groups is 1. The summed E-state index contributed by atoms with van der Waals surface area (Å²) in [6.45, 7) is 14.5. The van der Waals surface area contributed by atoms with Gasteiger partial charge >= 0.3 is 0 Å². The second-order valence-corrected chi connectivity index (χ2v) is 12.6. The van der Waals surface area contributed by atoms with Gasteiger partial charge in [0.2, 0.25) is 5.91 Å². The van der Waals surface area contributed by atoms with Gasteiger partial charge in [0.15, 0.2) is 0 Å². The number of hydrogen-bond donors (Lipinski definition) is 2. The Labute approximate surface area is 238 Å². The van der Waals surface area contributed by atoms with Crippen molar-refractivity contribution >= 4 is 11.6 Å². The van der Waals surface area contributed by atoms with Crippen molar-refractivity contribution in [1.82, 2.24) is 20.1 Å². The van der Waals surface area contributed by atoms with Gasteiger partial charge in [0.25, 0.3) is 0 Å². The molecule has 2 saturated heterocycles. The molecular formula is C31H46FN5O3. The fraction of sp³-hybridized carbons (Fsp3) is 0.677. The van der Waals surface area contributed by atoms with E-state index < -0.39 is 0 Å². The first kappa shape index (κ1) is 29.3. The molecule has 3 unspecified atom stereocenters. The van der Waals surface area contributed by atoms with Gasteiger partial charge in [-0.05, 0) is 55.9 Å². The van der Waals surface area contributed by atoms with E-state index in [4.69, 9.17) is 9.72 Å². The van der Waals surface area contributed by atoms with Crippen LogP contribution in [0, 0.1) is 5.92 Å². The highest BCUT2D eigenvalue weighted by molar-refractivity contribution is 5.97. The Hall–Kier alpha value is -2.17. The molecule has 8 nitrogen and oxygen atoms in total. The number of allylic oxidation sites excluding steroid dienone is 4. The number of fused-ring (bicyclic) bond motifs is 1. The number of anilines is 1. The molecule has 2 N–H and O–H groups in total. The molecule has 4 heterocycles. The van der Waals surface area contributed by atoms with Gasteiger partial charge in [-0.15, -0.1) is 0 Å². The number of aromatic nitrogens is 1. The van der Waals surface area contributed by atoms with E-state index in [1.54, 1.807) is 6.08 Å². The molecule has 1 aromatic heterocycles. The number of amides is 1. The van der Waals surface area contributed by atoms with E-state index in [1.165, 1.54) is 6.08 Å². The Morgan fingerprint density at radius 1 is 1.32 bits per heavy atom. The minimum absolute atomic E-state index is 0.0932. The molecule has 3 aliphatic heterocycles. The number of morpholine rings is 1. The largest absolute Gasteiger partial charge is 0.390 e. The lowest BCUT2D eigenvalue weighted by atomic mass is 9.88. The summed E-state index contributed by atoms with van der Waals surface area (Å²) >= 11 is 0. The van der Waals surface area contributed by atoms with Crippen LogP contribution in [0.3, 0.4) is 0 Å². The number of hydrogen-bond acceptors (Lipinski definition) is 7. The highest BCUT2D eigenvalue weighted by Gasteiger charge is 2.41. The smallest absolute Gasteiger partial charge is 0.241 e. The molecule has 0 bridgehead atoms. The molecule has 0 aromatic carbocycles. The van der Waals surface area contributed by atoms with Gasteiger partial charge in [-0.2, -0.15) is 0 Å². The SMILES string of the molecule is CCC1CN(CC(=O)N2CC(C)(C)c3nc(CO)c(CC4C=CC(F)=CC4)cc32)C(CN2CCOC[C@H]2C)CN1. The van der Waals surface area contributed by atoms with E-state index in [1.807, 2.05) is 11.0 Å². The van der Waals surface area contributed by atoms with Crippen LogP contribution in [-0.4, -0.2) is 96.4 Å². The summed E-state index contributed by atoms with van der Waals surface area (Å²) in [6.07, 6.45) is 7.29. The number of carbonyl (C=O) groups is 1. The molecule has 4 aliphatic rings. The Balaban J connectivity index is 1.36. The molecule has 220 valence electrons. The van der Waals surface area contributed by atoms with Crippen molar-refractivity contribution in [3.05, 3.63) is 47.1 Å². The van der Waals surface area contributed by atoms with Gasteiger partial charge in [0, 0.05) is 56.3 Å². The second-order valence-electron chi connectivity index (χ2n) is 12.6. The van der Waals surface area contributed by atoms with E-state index in [0.717, 1.165) is 62.8 Å². The maximum Gasteiger partial charge on any atom is 0.241 e. The maximum absolute atomic E-state index is 14.0. The molecule has 0 saturated carbocycles. The van der Waals surface area contributed by atoms with Gasteiger partial charge in [0.1, 0.15) is 5.83 Å². The van der Waals surface area contributed by atoms with Crippen molar-refractivity contribution in [3.8, 4) is 0 Å². The Bertz CT molecular complexity index is 1140. The second kappa shape index (κ2) is 12.4. The predicted molar refractivity (Wildman–Crippen MR) is 155 cm³/mol. The zero-order valence-electron chi connectivity index (χ0n) is 24.5. The molecule has 40 heavy (non-hydrogen) atoms. The highest BCUT2D eigenvalue weighted by Crippen LogP contribution is 2.41. The summed E-state index contributed by atoms with van der Waals surface area (Å²) in [4.78, 5) is 25.7. The average Bonchev–Trinajstić information content (AvgIpc) is 3.21. The van der Waals surface area contributed by atoms with Gasteiger partial charge in [-0.3, -0.25) is 19.6 Å². The van der Waals surface area contributed by atoms with Crippen molar-refractivity contribution < 1.29 is 19.0 Å². The number of ether oxygens (including phenoxy) is 1. The van der Waals surface area contributed by atoms with Gasteiger partial charge in [-0.1, -0.05) is 26.8 Å². The topological polar surface area (TPSA) is 81.2 Å². The Morgan fingerprint density at radius 3 is 2.85 bits per heavy atom. The summed E-state index contributed by atoms with van der Waals surface area (Å²) in [5.41, 5.74) is 2.97. The zero-order valence-corrected chi connectivity index (χ0v) is 24.5. The molecule has 9 heteroatoms. The molecule has 1 aromatic rings.